The minimum atomic E-state index is 0.0919. The fourth-order valence-corrected chi connectivity index (χ4v) is 3.19. The molecule has 0 spiro atoms. The van der Waals surface area contributed by atoms with E-state index in [0.717, 1.165) is 5.92 Å². The van der Waals surface area contributed by atoms with Gasteiger partial charge in [0.25, 0.3) is 0 Å². The topological polar surface area (TPSA) is 21.3 Å². The SMILES string of the molecule is CCC(C)CC(NC)C1(OC)CCCCCC1. The lowest BCUT2D eigenvalue weighted by Gasteiger charge is -2.40. The molecule has 102 valence electrons. The van der Waals surface area contributed by atoms with Crippen molar-refractivity contribution in [1.29, 1.82) is 0 Å². The monoisotopic (exact) mass is 241 g/mol. The summed E-state index contributed by atoms with van der Waals surface area (Å²) in [6, 6.07) is 0.514. The zero-order valence-electron chi connectivity index (χ0n) is 12.2. The van der Waals surface area contributed by atoms with E-state index in [0.29, 0.717) is 6.04 Å². The van der Waals surface area contributed by atoms with Crippen LogP contribution in [0.25, 0.3) is 0 Å². The van der Waals surface area contributed by atoms with E-state index < -0.39 is 0 Å². The van der Waals surface area contributed by atoms with E-state index in [9.17, 15) is 0 Å². The normalized spacial score (nSPS) is 24.0. The van der Waals surface area contributed by atoms with Crippen LogP contribution in [0, 0.1) is 5.92 Å². The first-order chi connectivity index (χ1) is 8.18. The van der Waals surface area contributed by atoms with Crippen LogP contribution in [0.2, 0.25) is 0 Å². The van der Waals surface area contributed by atoms with Gasteiger partial charge in [0.05, 0.1) is 5.60 Å². The third kappa shape index (κ3) is 3.96. The Bertz CT molecular complexity index is 197. The lowest BCUT2D eigenvalue weighted by atomic mass is 9.81. The number of rotatable bonds is 6. The van der Waals surface area contributed by atoms with E-state index in [1.54, 1.807) is 0 Å². The molecule has 1 rings (SSSR count). The van der Waals surface area contributed by atoms with Gasteiger partial charge in [-0.3, -0.25) is 0 Å². The fraction of sp³-hybridized carbons (Fsp3) is 1.00. The van der Waals surface area contributed by atoms with Crippen molar-refractivity contribution in [3.05, 3.63) is 0 Å². The number of methoxy groups -OCH3 is 1. The van der Waals surface area contributed by atoms with Gasteiger partial charge in [0.15, 0.2) is 0 Å². The minimum absolute atomic E-state index is 0.0919. The molecular formula is C15H31NO. The number of likely N-dealkylation sites (N-methyl/N-ethyl adjacent to an activating group) is 1. The second-order valence-electron chi connectivity index (χ2n) is 5.77. The molecule has 0 aromatic rings. The van der Waals surface area contributed by atoms with Gasteiger partial charge in [-0.1, -0.05) is 46.0 Å². The summed E-state index contributed by atoms with van der Waals surface area (Å²) in [7, 11) is 4.00. The molecule has 0 saturated heterocycles. The Balaban J connectivity index is 2.71. The van der Waals surface area contributed by atoms with Crippen molar-refractivity contribution in [3.8, 4) is 0 Å². The van der Waals surface area contributed by atoms with Crippen molar-refractivity contribution in [3.63, 3.8) is 0 Å². The molecule has 2 heteroatoms. The summed E-state index contributed by atoms with van der Waals surface area (Å²) in [5.41, 5.74) is 0.0919. The molecule has 17 heavy (non-hydrogen) atoms. The quantitative estimate of drug-likeness (QED) is 0.715. The van der Waals surface area contributed by atoms with E-state index in [1.807, 2.05) is 7.11 Å². The van der Waals surface area contributed by atoms with Crippen LogP contribution in [0.4, 0.5) is 0 Å². The maximum absolute atomic E-state index is 5.99. The van der Waals surface area contributed by atoms with Crippen molar-refractivity contribution in [2.75, 3.05) is 14.2 Å². The highest BCUT2D eigenvalue weighted by molar-refractivity contribution is 4.94. The minimum Gasteiger partial charge on any atom is -0.377 e. The van der Waals surface area contributed by atoms with Gasteiger partial charge in [0.2, 0.25) is 0 Å². The lowest BCUT2D eigenvalue weighted by molar-refractivity contribution is -0.0561. The molecule has 0 heterocycles. The molecule has 0 aliphatic heterocycles. The highest BCUT2D eigenvalue weighted by atomic mass is 16.5. The van der Waals surface area contributed by atoms with Crippen LogP contribution in [-0.4, -0.2) is 25.8 Å². The standard InChI is InChI=1S/C15H31NO/c1-5-13(2)12-14(16-3)15(17-4)10-8-6-7-9-11-15/h13-14,16H,5-12H2,1-4H3. The third-order valence-corrected chi connectivity index (χ3v) is 4.67. The van der Waals surface area contributed by atoms with Crippen molar-refractivity contribution in [2.24, 2.45) is 5.92 Å². The van der Waals surface area contributed by atoms with Gasteiger partial charge in [-0.05, 0) is 32.2 Å². The molecular weight excluding hydrogens is 210 g/mol. The summed E-state index contributed by atoms with van der Waals surface area (Å²) in [5.74, 6) is 0.780. The molecule has 1 aliphatic carbocycles. The van der Waals surface area contributed by atoms with Crippen molar-refractivity contribution in [2.45, 2.75) is 76.9 Å². The zero-order valence-corrected chi connectivity index (χ0v) is 12.2. The maximum atomic E-state index is 5.99. The lowest BCUT2D eigenvalue weighted by Crippen LogP contribution is -2.51. The summed E-state index contributed by atoms with van der Waals surface area (Å²) in [4.78, 5) is 0. The van der Waals surface area contributed by atoms with Gasteiger partial charge < -0.3 is 10.1 Å². The van der Waals surface area contributed by atoms with Crippen LogP contribution in [-0.2, 0) is 4.74 Å². The molecule has 0 radical (unpaired) electrons. The van der Waals surface area contributed by atoms with Crippen LogP contribution in [0.3, 0.4) is 0 Å². The summed E-state index contributed by atoms with van der Waals surface area (Å²) in [6.45, 7) is 4.63. The smallest absolute Gasteiger partial charge is 0.0830 e. The number of hydrogen-bond acceptors (Lipinski definition) is 2. The van der Waals surface area contributed by atoms with Gasteiger partial charge in [-0.15, -0.1) is 0 Å². The molecule has 2 unspecified atom stereocenters. The average Bonchev–Trinajstić information content (AvgIpc) is 2.61. The number of hydrogen-bond donors (Lipinski definition) is 1. The largest absolute Gasteiger partial charge is 0.377 e. The predicted molar refractivity (Wildman–Crippen MR) is 74.4 cm³/mol. The molecule has 2 atom stereocenters. The first kappa shape index (κ1) is 15.0. The molecule has 0 bridgehead atoms. The van der Waals surface area contributed by atoms with Crippen molar-refractivity contribution in [1.82, 2.24) is 5.32 Å². The van der Waals surface area contributed by atoms with Gasteiger partial charge >= 0.3 is 0 Å². The maximum Gasteiger partial charge on any atom is 0.0830 e. The van der Waals surface area contributed by atoms with Gasteiger partial charge in [0, 0.05) is 13.2 Å². The van der Waals surface area contributed by atoms with Crippen LogP contribution in [0.5, 0.6) is 0 Å². The molecule has 1 saturated carbocycles. The Morgan fingerprint density at radius 2 is 1.76 bits per heavy atom. The van der Waals surface area contributed by atoms with Gasteiger partial charge in [0.1, 0.15) is 0 Å². The molecule has 0 aromatic heterocycles. The van der Waals surface area contributed by atoms with E-state index in [-0.39, 0.29) is 5.60 Å². The van der Waals surface area contributed by atoms with Crippen LogP contribution >= 0.6 is 0 Å². The highest BCUT2D eigenvalue weighted by Crippen LogP contribution is 2.35. The predicted octanol–water partition coefficient (Wildman–Crippen LogP) is 3.75. The van der Waals surface area contributed by atoms with E-state index in [1.165, 1.54) is 51.4 Å². The van der Waals surface area contributed by atoms with Gasteiger partial charge in [-0.25, -0.2) is 0 Å². The first-order valence-corrected chi connectivity index (χ1v) is 7.41. The second kappa shape index (κ2) is 7.38. The third-order valence-electron chi connectivity index (χ3n) is 4.67. The average molecular weight is 241 g/mol. The number of nitrogens with one attached hydrogen (secondary N) is 1. The Kier molecular flexibility index (Phi) is 6.50. The van der Waals surface area contributed by atoms with E-state index in [4.69, 9.17) is 4.74 Å². The molecule has 0 aromatic carbocycles. The molecule has 1 aliphatic rings. The second-order valence-corrected chi connectivity index (χ2v) is 5.77. The van der Waals surface area contributed by atoms with Crippen molar-refractivity contribution < 1.29 is 4.74 Å². The van der Waals surface area contributed by atoms with Crippen LogP contribution < -0.4 is 5.32 Å². The Morgan fingerprint density at radius 3 is 2.18 bits per heavy atom. The summed E-state index contributed by atoms with van der Waals surface area (Å²) in [5, 5.41) is 3.53. The van der Waals surface area contributed by atoms with Crippen LogP contribution in [0.15, 0.2) is 0 Å². The molecule has 2 nitrogen and oxygen atoms in total. The highest BCUT2D eigenvalue weighted by Gasteiger charge is 2.38. The summed E-state index contributed by atoms with van der Waals surface area (Å²) >= 11 is 0. The Labute approximate surface area is 108 Å². The molecule has 1 fully saturated rings. The zero-order chi connectivity index (χ0) is 12.7. The van der Waals surface area contributed by atoms with Crippen molar-refractivity contribution >= 4 is 0 Å². The Morgan fingerprint density at radius 1 is 1.18 bits per heavy atom. The van der Waals surface area contributed by atoms with Gasteiger partial charge in [-0.2, -0.15) is 0 Å². The number of ether oxygens (including phenoxy) is 1. The van der Waals surface area contributed by atoms with E-state index >= 15 is 0 Å². The summed E-state index contributed by atoms with van der Waals surface area (Å²) in [6.07, 6.45) is 10.4. The fourth-order valence-electron chi connectivity index (χ4n) is 3.19. The first-order valence-electron chi connectivity index (χ1n) is 7.41. The molecule has 0 amide bonds. The van der Waals surface area contributed by atoms with E-state index in [2.05, 4.69) is 26.2 Å². The Hall–Kier alpha value is -0.0800. The molecule has 1 N–H and O–H groups in total. The summed E-state index contributed by atoms with van der Waals surface area (Å²) < 4.78 is 5.99. The van der Waals surface area contributed by atoms with Crippen LogP contribution in [0.1, 0.15) is 65.2 Å².